The molecule has 2 aromatic rings. The van der Waals surface area contributed by atoms with Crippen molar-refractivity contribution in [3.05, 3.63) is 29.0 Å². The molecule has 25 heavy (non-hydrogen) atoms. The first-order chi connectivity index (χ1) is 11.8. The molecule has 0 saturated heterocycles. The van der Waals surface area contributed by atoms with E-state index in [0.29, 0.717) is 6.42 Å². The van der Waals surface area contributed by atoms with Gasteiger partial charge < -0.3 is 14.4 Å². The summed E-state index contributed by atoms with van der Waals surface area (Å²) >= 11 is 0. The molecular weight excluding hydrogens is 318 g/mol. The molecular formula is C20H25NO4. The molecule has 2 aliphatic rings. The summed E-state index contributed by atoms with van der Waals surface area (Å²) in [4.78, 5) is 12.6. The van der Waals surface area contributed by atoms with Crippen molar-refractivity contribution in [2.75, 3.05) is 7.11 Å². The second kappa shape index (κ2) is 5.31. The number of aliphatic hydroxyl groups excluding tert-OH is 1. The van der Waals surface area contributed by atoms with Gasteiger partial charge in [0.05, 0.1) is 24.3 Å². The Morgan fingerprint density at radius 3 is 2.84 bits per heavy atom. The molecule has 0 bridgehead atoms. The number of aryl methyl sites for hydroxylation is 1. The van der Waals surface area contributed by atoms with Crippen LogP contribution in [0.5, 0.6) is 0 Å². The summed E-state index contributed by atoms with van der Waals surface area (Å²) in [5.41, 5.74) is 3.00. The van der Waals surface area contributed by atoms with Crippen LogP contribution in [0.1, 0.15) is 49.9 Å². The van der Waals surface area contributed by atoms with E-state index in [4.69, 9.17) is 9.26 Å². The van der Waals surface area contributed by atoms with Crippen LogP contribution in [0.25, 0.3) is 11.0 Å². The summed E-state index contributed by atoms with van der Waals surface area (Å²) in [6, 6.07) is 4.18. The summed E-state index contributed by atoms with van der Waals surface area (Å²) < 4.78 is 10.6. The lowest BCUT2D eigenvalue weighted by Gasteiger charge is -2.55. The summed E-state index contributed by atoms with van der Waals surface area (Å²) in [5.74, 6) is -0.391. The minimum atomic E-state index is -0.675. The lowest BCUT2D eigenvalue weighted by atomic mass is 9.49. The minimum Gasteiger partial charge on any atom is -0.469 e. The lowest BCUT2D eigenvalue weighted by Crippen LogP contribution is -2.58. The summed E-state index contributed by atoms with van der Waals surface area (Å²) in [7, 11) is 1.43. The van der Waals surface area contributed by atoms with Crippen molar-refractivity contribution in [3.8, 4) is 0 Å². The highest BCUT2D eigenvalue weighted by Crippen LogP contribution is 2.58. The average Bonchev–Trinajstić information content (AvgIpc) is 2.93. The van der Waals surface area contributed by atoms with Crippen LogP contribution in [0.2, 0.25) is 0 Å². The van der Waals surface area contributed by atoms with E-state index >= 15 is 0 Å². The van der Waals surface area contributed by atoms with E-state index in [0.717, 1.165) is 41.5 Å². The van der Waals surface area contributed by atoms with Gasteiger partial charge >= 0.3 is 5.97 Å². The Morgan fingerprint density at radius 2 is 2.12 bits per heavy atom. The SMILES string of the molecule is COC(=O)[C@]1(C)CCC[C@]2(C)c3cc4onc(C)c4cc3C[C@@H](O)[C@@H]12. The maximum atomic E-state index is 12.6. The molecule has 4 rings (SSSR count). The van der Waals surface area contributed by atoms with Crippen molar-refractivity contribution in [3.63, 3.8) is 0 Å². The Kier molecular flexibility index (Phi) is 3.52. The number of aliphatic hydroxyl groups is 1. The van der Waals surface area contributed by atoms with E-state index in [-0.39, 0.29) is 17.3 Å². The average molecular weight is 343 g/mol. The van der Waals surface area contributed by atoms with Gasteiger partial charge in [-0.1, -0.05) is 18.5 Å². The number of benzene rings is 1. The number of hydrogen-bond acceptors (Lipinski definition) is 5. The Hall–Kier alpha value is -1.88. The third-order valence-corrected chi connectivity index (χ3v) is 6.72. The number of hydrogen-bond donors (Lipinski definition) is 1. The van der Waals surface area contributed by atoms with Gasteiger partial charge in [-0.25, -0.2) is 0 Å². The van der Waals surface area contributed by atoms with E-state index < -0.39 is 11.5 Å². The van der Waals surface area contributed by atoms with E-state index in [1.54, 1.807) is 0 Å². The van der Waals surface area contributed by atoms with Crippen molar-refractivity contribution in [1.82, 2.24) is 5.16 Å². The number of carbonyl (C=O) groups excluding carboxylic acids is 1. The normalized spacial score (nSPS) is 34.4. The zero-order valence-corrected chi connectivity index (χ0v) is 15.3. The Bertz CT molecular complexity index is 857. The molecule has 0 radical (unpaired) electrons. The smallest absolute Gasteiger partial charge is 0.311 e. The molecule has 1 aromatic carbocycles. The number of methoxy groups -OCH3 is 1. The van der Waals surface area contributed by atoms with Crippen LogP contribution in [0.4, 0.5) is 0 Å². The maximum Gasteiger partial charge on any atom is 0.311 e. The molecule has 1 N–H and O–H groups in total. The topological polar surface area (TPSA) is 72.6 Å². The summed E-state index contributed by atoms with van der Waals surface area (Å²) in [6.45, 7) is 6.05. The van der Waals surface area contributed by atoms with Crippen LogP contribution in [0.3, 0.4) is 0 Å². The van der Waals surface area contributed by atoms with Crippen molar-refractivity contribution in [2.24, 2.45) is 11.3 Å². The van der Waals surface area contributed by atoms with Crippen molar-refractivity contribution >= 4 is 16.9 Å². The Labute approximate surface area is 147 Å². The highest BCUT2D eigenvalue weighted by molar-refractivity contribution is 5.82. The van der Waals surface area contributed by atoms with Crippen molar-refractivity contribution in [2.45, 2.75) is 58.0 Å². The fraction of sp³-hybridized carbons (Fsp3) is 0.600. The van der Waals surface area contributed by atoms with E-state index in [1.807, 2.05) is 13.8 Å². The van der Waals surface area contributed by atoms with Crippen LogP contribution in [-0.2, 0) is 21.4 Å². The Balaban J connectivity index is 1.92. The highest BCUT2D eigenvalue weighted by atomic mass is 16.5. The third-order valence-electron chi connectivity index (χ3n) is 6.72. The quantitative estimate of drug-likeness (QED) is 0.805. The second-order valence-electron chi connectivity index (χ2n) is 8.20. The summed E-state index contributed by atoms with van der Waals surface area (Å²) in [5, 5.41) is 16.1. The first-order valence-electron chi connectivity index (χ1n) is 8.97. The number of rotatable bonds is 1. The maximum absolute atomic E-state index is 12.6. The molecule has 1 heterocycles. The fourth-order valence-electron chi connectivity index (χ4n) is 5.64. The van der Waals surface area contributed by atoms with Gasteiger partial charge in [0.2, 0.25) is 0 Å². The number of nitrogens with zero attached hydrogens (tertiary/aromatic N) is 1. The second-order valence-corrected chi connectivity index (χ2v) is 8.20. The van der Waals surface area contributed by atoms with Crippen LogP contribution < -0.4 is 0 Å². The molecule has 134 valence electrons. The van der Waals surface area contributed by atoms with Crippen LogP contribution in [0, 0.1) is 18.3 Å². The third kappa shape index (κ3) is 2.11. The van der Waals surface area contributed by atoms with Gasteiger partial charge in [-0.15, -0.1) is 0 Å². The first-order valence-corrected chi connectivity index (χ1v) is 8.97. The van der Waals surface area contributed by atoms with Crippen LogP contribution in [0.15, 0.2) is 16.7 Å². The standard InChI is InChI=1S/C20H25NO4/c1-11-13-8-12-9-15(22)17-19(2,14(12)10-16(13)25-21-11)6-5-7-20(17,3)18(23)24-4/h8,10,15,17,22H,5-7,9H2,1-4H3/t15-,17-,19-,20-/m1/s1. The van der Waals surface area contributed by atoms with Gasteiger partial charge in [0.25, 0.3) is 0 Å². The first kappa shape index (κ1) is 16.6. The van der Waals surface area contributed by atoms with E-state index in [9.17, 15) is 9.90 Å². The molecule has 1 aromatic heterocycles. The van der Waals surface area contributed by atoms with Gasteiger partial charge in [-0.3, -0.25) is 4.79 Å². The minimum absolute atomic E-state index is 0.171. The number of esters is 1. The van der Waals surface area contributed by atoms with Gasteiger partial charge in [-0.2, -0.15) is 0 Å². The zero-order chi connectivity index (χ0) is 18.0. The lowest BCUT2D eigenvalue weighted by molar-refractivity contribution is -0.167. The predicted molar refractivity (Wildman–Crippen MR) is 93.3 cm³/mol. The molecule has 0 spiro atoms. The van der Waals surface area contributed by atoms with Crippen LogP contribution in [-0.4, -0.2) is 29.4 Å². The zero-order valence-electron chi connectivity index (χ0n) is 15.3. The van der Waals surface area contributed by atoms with Crippen molar-refractivity contribution < 1.29 is 19.2 Å². The van der Waals surface area contributed by atoms with Crippen LogP contribution >= 0.6 is 0 Å². The molecule has 1 fully saturated rings. The molecule has 1 saturated carbocycles. The van der Waals surface area contributed by atoms with E-state index in [2.05, 4.69) is 24.2 Å². The Morgan fingerprint density at radius 1 is 1.36 bits per heavy atom. The monoisotopic (exact) mass is 343 g/mol. The number of carbonyl (C=O) groups is 1. The molecule has 0 aliphatic heterocycles. The highest BCUT2D eigenvalue weighted by Gasteiger charge is 2.59. The van der Waals surface area contributed by atoms with Gasteiger partial charge in [0, 0.05) is 11.3 Å². The molecule has 2 aliphatic carbocycles. The number of ether oxygens (including phenoxy) is 1. The van der Waals surface area contributed by atoms with Gasteiger partial charge in [0.1, 0.15) is 0 Å². The molecule has 4 atom stereocenters. The van der Waals surface area contributed by atoms with E-state index in [1.165, 1.54) is 12.7 Å². The number of fused-ring (bicyclic) bond motifs is 4. The molecule has 0 unspecified atom stereocenters. The predicted octanol–water partition coefficient (Wildman–Crippen LogP) is 3.29. The molecule has 5 nitrogen and oxygen atoms in total. The van der Waals surface area contributed by atoms with Gasteiger partial charge in [0.15, 0.2) is 5.58 Å². The van der Waals surface area contributed by atoms with Crippen molar-refractivity contribution in [1.29, 1.82) is 0 Å². The molecule has 0 amide bonds. The summed E-state index contributed by atoms with van der Waals surface area (Å²) in [6.07, 6.45) is 2.59. The largest absolute Gasteiger partial charge is 0.469 e. The fourth-order valence-corrected chi connectivity index (χ4v) is 5.64. The molecule has 5 heteroatoms. The van der Waals surface area contributed by atoms with Gasteiger partial charge in [-0.05, 0) is 61.8 Å². The number of aromatic nitrogens is 1.